The fraction of sp³-hybridized carbons (Fsp3) is 0.231. The van der Waals surface area contributed by atoms with Crippen LogP contribution in [0.3, 0.4) is 0 Å². The second-order valence-corrected chi connectivity index (χ2v) is 6.16. The third-order valence-electron chi connectivity index (χ3n) is 3.06. The number of fused-ring (bicyclic) bond motifs is 1. The number of imidazole rings is 1. The van der Waals surface area contributed by atoms with Crippen LogP contribution in [0.15, 0.2) is 24.4 Å². The Balaban J connectivity index is 2.16. The first kappa shape index (κ1) is 12.4. The molecule has 1 atom stereocenters. The van der Waals surface area contributed by atoms with Gasteiger partial charge in [-0.2, -0.15) is 0 Å². The van der Waals surface area contributed by atoms with E-state index in [1.54, 1.807) is 11.3 Å². The lowest BCUT2D eigenvalue weighted by atomic mass is 10.3. The number of aryl methyl sites for hydroxylation is 1. The van der Waals surface area contributed by atoms with Crippen LogP contribution in [0.25, 0.3) is 11.0 Å². The van der Waals surface area contributed by atoms with Crippen molar-refractivity contribution < 1.29 is 0 Å². The summed E-state index contributed by atoms with van der Waals surface area (Å²) in [7, 11) is 0. The van der Waals surface area contributed by atoms with E-state index in [9.17, 15) is 0 Å². The van der Waals surface area contributed by atoms with Crippen molar-refractivity contribution in [2.24, 2.45) is 0 Å². The molecular weight excluding hydrogens is 280 g/mol. The molecule has 1 unspecified atom stereocenters. The van der Waals surface area contributed by atoms with E-state index in [0.29, 0.717) is 11.0 Å². The van der Waals surface area contributed by atoms with E-state index in [1.165, 1.54) is 4.88 Å². The predicted octanol–water partition coefficient (Wildman–Crippen LogP) is 3.65. The van der Waals surface area contributed by atoms with Gasteiger partial charge in [-0.3, -0.25) is 0 Å². The van der Waals surface area contributed by atoms with Crippen molar-refractivity contribution >= 4 is 39.9 Å². The number of hydrogen-bond acceptors (Lipinski definition) is 4. The highest BCUT2D eigenvalue weighted by Crippen LogP contribution is 2.30. The van der Waals surface area contributed by atoms with Gasteiger partial charge in [-0.25, -0.2) is 9.97 Å². The molecule has 0 fully saturated rings. The Hall–Kier alpha value is -1.59. The summed E-state index contributed by atoms with van der Waals surface area (Å²) < 4.78 is 1.99. The van der Waals surface area contributed by atoms with Crippen LogP contribution in [0.5, 0.6) is 0 Å². The van der Waals surface area contributed by atoms with Crippen LogP contribution in [0.4, 0.5) is 5.95 Å². The van der Waals surface area contributed by atoms with Crippen LogP contribution >= 0.6 is 22.9 Å². The summed E-state index contributed by atoms with van der Waals surface area (Å²) in [6, 6.07) is 5.67. The second-order valence-electron chi connectivity index (χ2n) is 4.46. The summed E-state index contributed by atoms with van der Waals surface area (Å²) in [6.45, 7) is 4.12. The fourth-order valence-corrected chi connectivity index (χ4v) is 3.16. The van der Waals surface area contributed by atoms with Gasteiger partial charge in [-0.05, 0) is 32.0 Å². The molecule has 4 nitrogen and oxygen atoms in total. The first-order chi connectivity index (χ1) is 9.06. The largest absolute Gasteiger partial charge is 0.369 e. The van der Waals surface area contributed by atoms with Gasteiger partial charge in [0.2, 0.25) is 5.95 Å². The Morgan fingerprint density at radius 2 is 2.21 bits per heavy atom. The summed E-state index contributed by atoms with van der Waals surface area (Å²) in [5, 5.41) is 1.69. The van der Waals surface area contributed by atoms with Gasteiger partial charge in [-0.15, -0.1) is 11.3 Å². The zero-order valence-electron chi connectivity index (χ0n) is 10.6. The molecule has 0 radical (unpaired) electrons. The first-order valence-corrected chi connectivity index (χ1v) is 7.11. The zero-order chi connectivity index (χ0) is 13.6. The summed E-state index contributed by atoms with van der Waals surface area (Å²) in [5.41, 5.74) is 7.82. The van der Waals surface area contributed by atoms with Gasteiger partial charge < -0.3 is 10.3 Å². The predicted molar refractivity (Wildman–Crippen MR) is 79.8 cm³/mol. The number of hydrogen-bond donors (Lipinski definition) is 1. The van der Waals surface area contributed by atoms with Crippen molar-refractivity contribution in [3.63, 3.8) is 0 Å². The van der Waals surface area contributed by atoms with Crippen molar-refractivity contribution in [2.75, 3.05) is 5.73 Å². The fourth-order valence-electron chi connectivity index (χ4n) is 2.17. The summed E-state index contributed by atoms with van der Waals surface area (Å²) in [5.74, 6) is 0.484. The average Bonchev–Trinajstić information content (AvgIpc) is 2.91. The number of anilines is 1. The third kappa shape index (κ3) is 2.09. The van der Waals surface area contributed by atoms with Crippen LogP contribution in [0.2, 0.25) is 5.02 Å². The van der Waals surface area contributed by atoms with Crippen LogP contribution in [-0.2, 0) is 0 Å². The van der Waals surface area contributed by atoms with E-state index in [-0.39, 0.29) is 6.04 Å². The molecule has 0 aliphatic heterocycles. The van der Waals surface area contributed by atoms with E-state index >= 15 is 0 Å². The van der Waals surface area contributed by atoms with E-state index in [2.05, 4.69) is 16.9 Å². The number of nitrogens with two attached hydrogens (primary N) is 1. The van der Waals surface area contributed by atoms with Crippen molar-refractivity contribution in [2.45, 2.75) is 19.9 Å². The van der Waals surface area contributed by atoms with E-state index < -0.39 is 0 Å². The molecule has 2 heterocycles. The molecule has 19 heavy (non-hydrogen) atoms. The minimum absolute atomic E-state index is 0.0601. The Kier molecular flexibility index (Phi) is 2.95. The van der Waals surface area contributed by atoms with Crippen molar-refractivity contribution in [3.05, 3.63) is 39.3 Å². The Morgan fingerprint density at radius 1 is 1.42 bits per heavy atom. The molecule has 6 heteroatoms. The van der Waals surface area contributed by atoms with Gasteiger partial charge in [0.05, 0.1) is 17.1 Å². The number of nitrogen functional groups attached to an aromatic ring is 1. The molecule has 2 aromatic heterocycles. The van der Waals surface area contributed by atoms with Crippen LogP contribution < -0.4 is 5.73 Å². The highest BCUT2D eigenvalue weighted by Gasteiger charge is 2.18. The molecule has 0 bridgehead atoms. The quantitative estimate of drug-likeness (QED) is 0.784. The number of halogens is 1. The molecule has 0 saturated heterocycles. The van der Waals surface area contributed by atoms with Gasteiger partial charge in [-0.1, -0.05) is 11.6 Å². The van der Waals surface area contributed by atoms with E-state index in [4.69, 9.17) is 17.3 Å². The highest BCUT2D eigenvalue weighted by atomic mass is 35.5. The maximum Gasteiger partial charge on any atom is 0.201 e. The number of rotatable bonds is 2. The molecule has 0 spiro atoms. The molecule has 3 aromatic rings. The first-order valence-electron chi connectivity index (χ1n) is 5.91. The highest BCUT2D eigenvalue weighted by molar-refractivity contribution is 7.11. The average molecular weight is 293 g/mol. The molecular formula is C13H13ClN4S. The normalized spacial score (nSPS) is 13.0. The van der Waals surface area contributed by atoms with Crippen molar-refractivity contribution in [1.29, 1.82) is 0 Å². The molecule has 0 saturated carbocycles. The minimum Gasteiger partial charge on any atom is -0.369 e. The van der Waals surface area contributed by atoms with Gasteiger partial charge in [0.15, 0.2) is 0 Å². The van der Waals surface area contributed by atoms with Crippen LogP contribution in [0.1, 0.15) is 22.9 Å². The SMILES string of the molecule is Cc1cnc(C(C)n2c(N)nc3cc(Cl)ccc32)s1. The smallest absolute Gasteiger partial charge is 0.201 e. The molecule has 1 aromatic carbocycles. The number of nitrogens with zero attached hydrogens (tertiary/aromatic N) is 3. The Bertz CT molecular complexity index is 746. The van der Waals surface area contributed by atoms with Gasteiger partial charge in [0, 0.05) is 16.1 Å². The zero-order valence-corrected chi connectivity index (χ0v) is 12.2. The standard InChI is InChI=1S/C13H13ClN4S/c1-7-6-16-12(19-7)8(2)18-11-4-3-9(14)5-10(11)17-13(18)15/h3-6,8H,1-2H3,(H2,15,17). The van der Waals surface area contributed by atoms with Crippen LogP contribution in [-0.4, -0.2) is 14.5 Å². The van der Waals surface area contributed by atoms with E-state index in [1.807, 2.05) is 35.9 Å². The molecule has 0 aliphatic rings. The van der Waals surface area contributed by atoms with Crippen molar-refractivity contribution in [3.8, 4) is 0 Å². The summed E-state index contributed by atoms with van der Waals surface area (Å²) >= 11 is 7.65. The topological polar surface area (TPSA) is 56.7 Å². The number of thiazole rings is 1. The maximum absolute atomic E-state index is 6.03. The second kappa shape index (κ2) is 4.51. The summed E-state index contributed by atoms with van der Waals surface area (Å²) in [4.78, 5) is 9.97. The monoisotopic (exact) mass is 292 g/mol. The molecule has 2 N–H and O–H groups in total. The molecule has 98 valence electrons. The lowest BCUT2D eigenvalue weighted by Gasteiger charge is -2.13. The van der Waals surface area contributed by atoms with Gasteiger partial charge >= 0.3 is 0 Å². The number of aromatic nitrogens is 3. The Labute approximate surface area is 119 Å². The number of benzene rings is 1. The summed E-state index contributed by atoms with van der Waals surface area (Å²) in [6.07, 6.45) is 1.88. The Morgan fingerprint density at radius 3 is 2.89 bits per heavy atom. The van der Waals surface area contributed by atoms with Crippen molar-refractivity contribution in [1.82, 2.24) is 14.5 Å². The van der Waals surface area contributed by atoms with Gasteiger partial charge in [0.1, 0.15) is 5.01 Å². The van der Waals surface area contributed by atoms with Gasteiger partial charge in [0.25, 0.3) is 0 Å². The lowest BCUT2D eigenvalue weighted by Crippen LogP contribution is -2.09. The van der Waals surface area contributed by atoms with E-state index in [0.717, 1.165) is 16.0 Å². The maximum atomic E-state index is 6.03. The molecule has 0 aliphatic carbocycles. The lowest BCUT2D eigenvalue weighted by molar-refractivity contribution is 0.662. The molecule has 3 rings (SSSR count). The molecule has 0 amide bonds. The minimum atomic E-state index is 0.0601. The third-order valence-corrected chi connectivity index (χ3v) is 4.38. The van der Waals surface area contributed by atoms with Crippen LogP contribution in [0, 0.1) is 6.92 Å².